The summed E-state index contributed by atoms with van der Waals surface area (Å²) in [4.78, 5) is 22.0. The first-order valence-corrected chi connectivity index (χ1v) is 13.6. The van der Waals surface area contributed by atoms with E-state index in [-0.39, 0.29) is 10.8 Å². The topological polar surface area (TPSA) is 82.6 Å². The third kappa shape index (κ3) is 6.09. The normalized spacial score (nSPS) is 15.4. The van der Waals surface area contributed by atoms with E-state index in [2.05, 4.69) is 27.1 Å². The van der Waals surface area contributed by atoms with Crippen molar-refractivity contribution < 1.29 is 13.2 Å². The molecule has 0 radical (unpaired) electrons. The van der Waals surface area contributed by atoms with Gasteiger partial charge in [-0.1, -0.05) is 30.3 Å². The van der Waals surface area contributed by atoms with Gasteiger partial charge in [-0.25, -0.2) is 18.1 Å². The summed E-state index contributed by atoms with van der Waals surface area (Å²) in [6.07, 6.45) is 0. The fourth-order valence-corrected chi connectivity index (χ4v) is 6.09. The molecule has 1 aromatic heterocycles. The van der Waals surface area contributed by atoms with Crippen LogP contribution in [0, 0.1) is 0 Å². The van der Waals surface area contributed by atoms with E-state index in [9.17, 15) is 13.2 Å². The minimum atomic E-state index is -3.63. The van der Waals surface area contributed by atoms with Gasteiger partial charge in [0.05, 0.1) is 10.6 Å². The van der Waals surface area contributed by atoms with Crippen LogP contribution in [0.5, 0.6) is 0 Å². The van der Waals surface area contributed by atoms with Crippen molar-refractivity contribution in [2.24, 2.45) is 0 Å². The molecule has 0 atom stereocenters. The molecule has 34 heavy (non-hydrogen) atoms. The van der Waals surface area contributed by atoms with Gasteiger partial charge in [0.15, 0.2) is 0 Å². The van der Waals surface area contributed by atoms with E-state index in [0.29, 0.717) is 18.7 Å². The van der Waals surface area contributed by atoms with Crippen molar-refractivity contribution in [2.75, 3.05) is 26.2 Å². The zero-order chi connectivity index (χ0) is 24.3. The number of hydrogen-bond donors (Lipinski definition) is 1. The molecule has 1 aliphatic heterocycles. The van der Waals surface area contributed by atoms with Gasteiger partial charge in [0, 0.05) is 54.8 Å². The van der Waals surface area contributed by atoms with E-state index in [1.165, 1.54) is 12.1 Å². The van der Waals surface area contributed by atoms with Gasteiger partial charge in [0.25, 0.3) is 5.91 Å². The van der Waals surface area contributed by atoms with Gasteiger partial charge >= 0.3 is 0 Å². The van der Waals surface area contributed by atoms with Crippen LogP contribution >= 0.6 is 11.3 Å². The highest BCUT2D eigenvalue weighted by atomic mass is 32.2. The van der Waals surface area contributed by atoms with Crippen molar-refractivity contribution in [3.05, 3.63) is 71.2 Å². The van der Waals surface area contributed by atoms with Crippen molar-refractivity contribution >= 4 is 27.3 Å². The number of hydrogen-bond acceptors (Lipinski definition) is 6. The van der Waals surface area contributed by atoms with Crippen LogP contribution in [0.25, 0.3) is 10.6 Å². The minimum absolute atomic E-state index is 0.0765. The SMILES string of the molecule is CC(C)(C)NS(=O)(=O)c1ccc(C(=O)N2CCN(Cc3csc(-c4ccccc4)n3)CC2)cc1. The van der Waals surface area contributed by atoms with Gasteiger partial charge in [-0.15, -0.1) is 11.3 Å². The second kappa shape index (κ2) is 9.95. The molecule has 2 aromatic carbocycles. The molecule has 0 spiro atoms. The highest BCUT2D eigenvalue weighted by Crippen LogP contribution is 2.24. The standard InChI is InChI=1S/C25H30N4O3S2/c1-25(2,3)27-34(31,32)22-11-9-20(10-12-22)24(30)29-15-13-28(14-16-29)17-21-18-33-23(26-21)19-7-5-4-6-8-19/h4-12,18,27H,13-17H2,1-3H3. The number of amides is 1. The van der Waals surface area contributed by atoms with Crippen LogP contribution < -0.4 is 4.72 Å². The third-order valence-electron chi connectivity index (χ3n) is 5.47. The molecule has 2 heterocycles. The number of thiazole rings is 1. The van der Waals surface area contributed by atoms with Gasteiger partial charge in [0.1, 0.15) is 5.01 Å². The van der Waals surface area contributed by atoms with Crippen molar-refractivity contribution in [3.8, 4) is 10.6 Å². The number of nitrogens with one attached hydrogen (secondary N) is 1. The molecule has 4 rings (SSSR count). The van der Waals surface area contributed by atoms with Crippen LogP contribution in [0.3, 0.4) is 0 Å². The van der Waals surface area contributed by atoms with Crippen LogP contribution in [0.1, 0.15) is 36.8 Å². The zero-order valence-electron chi connectivity index (χ0n) is 19.7. The molecule has 1 aliphatic rings. The number of sulfonamides is 1. The molecular formula is C25H30N4O3S2. The van der Waals surface area contributed by atoms with Crippen molar-refractivity contribution in [3.63, 3.8) is 0 Å². The fourth-order valence-electron chi connectivity index (χ4n) is 3.85. The smallest absolute Gasteiger partial charge is 0.253 e. The predicted molar refractivity (Wildman–Crippen MR) is 135 cm³/mol. The molecule has 0 bridgehead atoms. The number of piperazine rings is 1. The monoisotopic (exact) mass is 498 g/mol. The predicted octanol–water partition coefficient (Wildman–Crippen LogP) is 3.84. The summed E-state index contributed by atoms with van der Waals surface area (Å²) in [6, 6.07) is 16.3. The average Bonchev–Trinajstić information content (AvgIpc) is 3.27. The Morgan fingerprint density at radius 3 is 2.26 bits per heavy atom. The van der Waals surface area contributed by atoms with Crippen LogP contribution in [-0.4, -0.2) is 60.8 Å². The molecule has 0 saturated carbocycles. The van der Waals surface area contributed by atoms with Gasteiger partial charge < -0.3 is 4.90 Å². The number of carbonyl (C=O) groups is 1. The zero-order valence-corrected chi connectivity index (χ0v) is 21.3. The summed E-state index contributed by atoms with van der Waals surface area (Å²) in [5.74, 6) is -0.0765. The van der Waals surface area contributed by atoms with Crippen LogP contribution in [0.2, 0.25) is 0 Å². The lowest BCUT2D eigenvalue weighted by Crippen LogP contribution is -2.48. The molecule has 7 nitrogen and oxygen atoms in total. The highest BCUT2D eigenvalue weighted by molar-refractivity contribution is 7.89. The maximum atomic E-state index is 12.9. The number of rotatable bonds is 6. The number of carbonyl (C=O) groups excluding carboxylic acids is 1. The Bertz CT molecular complexity index is 1230. The molecule has 1 fully saturated rings. The second-order valence-corrected chi connectivity index (χ2v) is 12.0. The Morgan fingerprint density at radius 2 is 1.65 bits per heavy atom. The van der Waals surface area contributed by atoms with Crippen molar-refractivity contribution in [1.29, 1.82) is 0 Å². The Balaban J connectivity index is 1.32. The summed E-state index contributed by atoms with van der Waals surface area (Å²) in [5, 5.41) is 3.12. The largest absolute Gasteiger partial charge is 0.336 e. The van der Waals surface area contributed by atoms with Crippen molar-refractivity contribution in [1.82, 2.24) is 19.5 Å². The maximum Gasteiger partial charge on any atom is 0.253 e. The van der Waals surface area contributed by atoms with Gasteiger partial charge in [-0.3, -0.25) is 9.69 Å². The van der Waals surface area contributed by atoms with E-state index < -0.39 is 15.6 Å². The molecule has 0 unspecified atom stereocenters. The Hall–Kier alpha value is -2.59. The van der Waals surface area contributed by atoms with Crippen molar-refractivity contribution in [2.45, 2.75) is 37.8 Å². The third-order valence-corrected chi connectivity index (χ3v) is 8.18. The Kier molecular flexibility index (Phi) is 7.18. The maximum absolute atomic E-state index is 12.9. The molecule has 1 amide bonds. The quantitative estimate of drug-likeness (QED) is 0.558. The lowest BCUT2D eigenvalue weighted by Gasteiger charge is -2.34. The lowest BCUT2D eigenvalue weighted by atomic mass is 10.1. The van der Waals surface area contributed by atoms with Gasteiger partial charge in [0.2, 0.25) is 10.0 Å². The highest BCUT2D eigenvalue weighted by Gasteiger charge is 2.25. The average molecular weight is 499 g/mol. The number of nitrogens with zero attached hydrogens (tertiary/aromatic N) is 3. The first-order chi connectivity index (χ1) is 16.1. The summed E-state index contributed by atoms with van der Waals surface area (Å²) in [6.45, 7) is 8.92. The molecule has 1 N–H and O–H groups in total. The van der Waals surface area contributed by atoms with Crippen LogP contribution in [-0.2, 0) is 16.6 Å². The fraction of sp³-hybridized carbons (Fsp3) is 0.360. The van der Waals surface area contributed by atoms with E-state index in [0.717, 1.165) is 35.9 Å². The molecule has 0 aliphatic carbocycles. The second-order valence-electron chi connectivity index (χ2n) is 9.46. The van der Waals surface area contributed by atoms with E-state index in [1.54, 1.807) is 44.2 Å². The molecule has 180 valence electrons. The molecule has 3 aromatic rings. The van der Waals surface area contributed by atoms with Crippen LogP contribution in [0.15, 0.2) is 64.9 Å². The molecular weight excluding hydrogens is 468 g/mol. The number of benzene rings is 2. The summed E-state index contributed by atoms with van der Waals surface area (Å²) in [5.41, 5.74) is 2.09. The molecule has 1 saturated heterocycles. The number of aromatic nitrogens is 1. The first-order valence-electron chi connectivity index (χ1n) is 11.3. The first kappa shape index (κ1) is 24.5. The van der Waals surface area contributed by atoms with Gasteiger partial charge in [-0.2, -0.15) is 0 Å². The van der Waals surface area contributed by atoms with E-state index in [4.69, 9.17) is 4.98 Å². The minimum Gasteiger partial charge on any atom is -0.336 e. The van der Waals surface area contributed by atoms with Crippen LogP contribution in [0.4, 0.5) is 0 Å². The van der Waals surface area contributed by atoms with Gasteiger partial charge in [-0.05, 0) is 45.0 Å². The Labute approximate surface area is 205 Å². The summed E-state index contributed by atoms with van der Waals surface area (Å²) < 4.78 is 27.6. The van der Waals surface area contributed by atoms with E-state index in [1.807, 2.05) is 23.1 Å². The Morgan fingerprint density at radius 1 is 1.00 bits per heavy atom. The van der Waals surface area contributed by atoms with E-state index >= 15 is 0 Å². The summed E-state index contributed by atoms with van der Waals surface area (Å²) in [7, 11) is -3.63. The lowest BCUT2D eigenvalue weighted by molar-refractivity contribution is 0.0627. The molecule has 9 heteroatoms. The summed E-state index contributed by atoms with van der Waals surface area (Å²) >= 11 is 1.65.